The number of hydrogen-bond donors (Lipinski definition) is 0. The minimum atomic E-state index is -0.354. The fourth-order valence-corrected chi connectivity index (χ4v) is 2.81. The van der Waals surface area contributed by atoms with Crippen LogP contribution in [0.15, 0.2) is 30.2 Å². The predicted octanol–water partition coefficient (Wildman–Crippen LogP) is 2.70. The van der Waals surface area contributed by atoms with Crippen LogP contribution < -0.4 is 9.64 Å². The van der Waals surface area contributed by atoms with E-state index >= 15 is 0 Å². The summed E-state index contributed by atoms with van der Waals surface area (Å²) in [6.07, 6.45) is 3.01. The molecule has 21 heavy (non-hydrogen) atoms. The highest BCUT2D eigenvalue weighted by molar-refractivity contribution is 9.09. The van der Waals surface area contributed by atoms with Crippen LogP contribution in [0.1, 0.15) is 16.8 Å². The van der Waals surface area contributed by atoms with Crippen LogP contribution in [0, 0.1) is 0 Å². The van der Waals surface area contributed by atoms with Gasteiger partial charge >= 0.3 is 5.97 Å². The van der Waals surface area contributed by atoms with Gasteiger partial charge in [-0.3, -0.25) is 0 Å². The molecule has 1 aromatic carbocycles. The first-order chi connectivity index (χ1) is 10.2. The Labute approximate surface area is 131 Å². The molecule has 1 atom stereocenters. The highest BCUT2D eigenvalue weighted by atomic mass is 79.9. The molecule has 0 N–H and O–H groups in total. The molecule has 0 bridgehead atoms. The van der Waals surface area contributed by atoms with Crippen molar-refractivity contribution in [3.8, 4) is 5.75 Å². The Morgan fingerprint density at radius 3 is 2.95 bits per heavy atom. The van der Waals surface area contributed by atoms with Crippen molar-refractivity contribution in [1.29, 1.82) is 0 Å². The normalized spacial score (nSPS) is 20.0. The van der Waals surface area contributed by atoms with Gasteiger partial charge in [-0.1, -0.05) is 15.9 Å². The molecule has 0 saturated carbocycles. The zero-order chi connectivity index (χ0) is 14.8. The third kappa shape index (κ3) is 2.78. The molecule has 2 aliphatic heterocycles. The predicted molar refractivity (Wildman–Crippen MR) is 82.0 cm³/mol. The number of carbonyl (C=O) groups is 1. The maximum Gasteiger partial charge on any atom is 0.337 e. The molecule has 1 aromatic rings. The van der Waals surface area contributed by atoms with E-state index in [1.807, 2.05) is 0 Å². The first-order valence-electron chi connectivity index (χ1n) is 6.76. The van der Waals surface area contributed by atoms with Crippen LogP contribution in [0.4, 0.5) is 5.69 Å². The number of esters is 1. The van der Waals surface area contributed by atoms with Gasteiger partial charge in [-0.05, 0) is 24.6 Å². The molecule has 6 heteroatoms. The van der Waals surface area contributed by atoms with Gasteiger partial charge in [0.1, 0.15) is 12.0 Å². The second-order valence-corrected chi connectivity index (χ2v) is 5.49. The maximum absolute atomic E-state index is 11.7. The van der Waals surface area contributed by atoms with E-state index in [4.69, 9.17) is 14.2 Å². The van der Waals surface area contributed by atoms with Gasteiger partial charge in [-0.15, -0.1) is 0 Å². The number of hydrogen-bond acceptors (Lipinski definition) is 5. The van der Waals surface area contributed by atoms with Crippen molar-refractivity contribution in [3.05, 3.63) is 35.7 Å². The van der Waals surface area contributed by atoms with Crippen LogP contribution in [0.2, 0.25) is 0 Å². The Kier molecular flexibility index (Phi) is 4.17. The second kappa shape index (κ2) is 6.07. The molecule has 2 aliphatic rings. The van der Waals surface area contributed by atoms with Gasteiger partial charge in [0.05, 0.1) is 30.2 Å². The van der Waals surface area contributed by atoms with E-state index in [2.05, 4.69) is 20.8 Å². The lowest BCUT2D eigenvalue weighted by molar-refractivity contribution is -0.0439. The number of anilines is 1. The van der Waals surface area contributed by atoms with E-state index in [-0.39, 0.29) is 12.1 Å². The number of halogens is 1. The van der Waals surface area contributed by atoms with Crippen LogP contribution in [-0.2, 0) is 9.47 Å². The fraction of sp³-hybridized carbons (Fsp3) is 0.400. The van der Waals surface area contributed by atoms with E-state index in [0.29, 0.717) is 10.9 Å². The number of fused-ring (bicyclic) bond motifs is 1. The Hall–Kier alpha value is -1.53. The third-order valence-corrected chi connectivity index (χ3v) is 4.23. The number of allylic oxidation sites excluding steroid dienone is 1. The molecular formula is C15H16BrNO4. The number of alkyl halides is 1. The molecule has 2 heterocycles. The van der Waals surface area contributed by atoms with Gasteiger partial charge in [0.15, 0.2) is 0 Å². The summed E-state index contributed by atoms with van der Waals surface area (Å²) >= 11 is 3.47. The van der Waals surface area contributed by atoms with E-state index in [1.54, 1.807) is 24.5 Å². The van der Waals surface area contributed by atoms with Gasteiger partial charge in [0.2, 0.25) is 0 Å². The quantitative estimate of drug-likeness (QED) is 0.615. The Morgan fingerprint density at radius 2 is 2.33 bits per heavy atom. The van der Waals surface area contributed by atoms with Gasteiger partial charge in [-0.2, -0.15) is 0 Å². The lowest BCUT2D eigenvalue weighted by atomic mass is 10.1. The summed E-state index contributed by atoms with van der Waals surface area (Å²) in [5.41, 5.74) is 2.38. The van der Waals surface area contributed by atoms with Gasteiger partial charge in [0.25, 0.3) is 0 Å². The van der Waals surface area contributed by atoms with Gasteiger partial charge < -0.3 is 19.1 Å². The average Bonchev–Trinajstić information content (AvgIpc) is 2.49. The van der Waals surface area contributed by atoms with E-state index in [1.165, 1.54) is 7.11 Å². The van der Waals surface area contributed by atoms with E-state index in [0.717, 1.165) is 36.7 Å². The molecule has 3 rings (SSSR count). The number of carbonyl (C=O) groups excluding carboxylic acids is 1. The van der Waals surface area contributed by atoms with Crippen LogP contribution in [0.5, 0.6) is 5.75 Å². The van der Waals surface area contributed by atoms with Crippen molar-refractivity contribution in [2.75, 3.05) is 30.5 Å². The topological polar surface area (TPSA) is 48.0 Å². The molecule has 1 saturated heterocycles. The highest BCUT2D eigenvalue weighted by Crippen LogP contribution is 2.37. The smallest absolute Gasteiger partial charge is 0.337 e. The van der Waals surface area contributed by atoms with Crippen LogP contribution in [0.25, 0.3) is 0 Å². The number of benzene rings is 1. The zero-order valence-corrected chi connectivity index (χ0v) is 13.3. The highest BCUT2D eigenvalue weighted by Gasteiger charge is 2.28. The van der Waals surface area contributed by atoms with Crippen molar-refractivity contribution in [2.24, 2.45) is 0 Å². The molecule has 0 aliphatic carbocycles. The molecule has 0 amide bonds. The first kappa shape index (κ1) is 14.4. The van der Waals surface area contributed by atoms with Crippen LogP contribution in [0.3, 0.4) is 0 Å². The first-order valence-corrected chi connectivity index (χ1v) is 7.88. The van der Waals surface area contributed by atoms with Gasteiger partial charge in [-0.25, -0.2) is 4.79 Å². The Morgan fingerprint density at radius 1 is 1.52 bits per heavy atom. The summed E-state index contributed by atoms with van der Waals surface area (Å²) < 4.78 is 15.9. The lowest BCUT2D eigenvalue weighted by Gasteiger charge is -2.37. The van der Waals surface area contributed by atoms with Crippen molar-refractivity contribution in [2.45, 2.75) is 12.5 Å². The summed E-state index contributed by atoms with van der Waals surface area (Å²) in [5.74, 6) is 0.374. The monoisotopic (exact) mass is 353 g/mol. The third-order valence-electron chi connectivity index (χ3n) is 3.66. The van der Waals surface area contributed by atoms with Gasteiger partial charge in [0, 0.05) is 18.5 Å². The van der Waals surface area contributed by atoms with E-state index < -0.39 is 0 Å². The molecule has 5 nitrogen and oxygen atoms in total. The summed E-state index contributed by atoms with van der Waals surface area (Å²) in [5, 5.41) is 0.668. The summed E-state index contributed by atoms with van der Waals surface area (Å²) in [7, 11) is 1.38. The lowest BCUT2D eigenvalue weighted by Crippen LogP contribution is -2.41. The standard InChI is InChI=1S/C15H16BrNO4/c1-19-15(18)10-2-3-14-13(6-10)17(8-12-4-5-20-12)11(7-16)9-21-14/h2-3,6,9,12H,4-5,7-8H2,1H3/t12-/m0/s1. The summed E-state index contributed by atoms with van der Waals surface area (Å²) in [6.45, 7) is 1.57. The minimum Gasteiger partial charge on any atom is -0.465 e. The Balaban J connectivity index is 1.94. The molecule has 112 valence electrons. The SMILES string of the molecule is COC(=O)c1ccc2c(c1)N(C[C@@H]1CCO1)C(CBr)=CO2. The molecule has 0 radical (unpaired) electrons. The van der Waals surface area contributed by atoms with Crippen LogP contribution >= 0.6 is 15.9 Å². The molecule has 0 spiro atoms. The maximum atomic E-state index is 11.7. The second-order valence-electron chi connectivity index (χ2n) is 4.93. The van der Waals surface area contributed by atoms with E-state index in [9.17, 15) is 4.79 Å². The number of ether oxygens (including phenoxy) is 3. The minimum absolute atomic E-state index is 0.222. The summed E-state index contributed by atoms with van der Waals surface area (Å²) in [6, 6.07) is 5.29. The molecule has 0 aromatic heterocycles. The van der Waals surface area contributed by atoms with Crippen molar-refractivity contribution < 1.29 is 19.0 Å². The van der Waals surface area contributed by atoms with Crippen molar-refractivity contribution >= 4 is 27.6 Å². The molecule has 1 fully saturated rings. The average molecular weight is 354 g/mol. The number of nitrogens with zero attached hydrogens (tertiary/aromatic N) is 1. The van der Waals surface area contributed by atoms with Crippen molar-refractivity contribution in [3.63, 3.8) is 0 Å². The zero-order valence-electron chi connectivity index (χ0n) is 11.7. The molecule has 0 unspecified atom stereocenters. The fourth-order valence-electron chi connectivity index (χ4n) is 2.37. The molecular weight excluding hydrogens is 338 g/mol. The largest absolute Gasteiger partial charge is 0.465 e. The van der Waals surface area contributed by atoms with Crippen molar-refractivity contribution in [1.82, 2.24) is 0 Å². The Bertz CT molecular complexity index is 583. The summed E-state index contributed by atoms with van der Waals surface area (Å²) in [4.78, 5) is 13.8. The van der Waals surface area contributed by atoms with Crippen LogP contribution in [-0.4, -0.2) is 37.7 Å². The number of rotatable bonds is 4. The number of methoxy groups -OCH3 is 1.